The van der Waals surface area contributed by atoms with Crippen molar-refractivity contribution in [1.82, 2.24) is 19.5 Å². The van der Waals surface area contributed by atoms with Crippen molar-refractivity contribution in [2.75, 3.05) is 6.86 Å². The molecule has 0 bridgehead atoms. The summed E-state index contributed by atoms with van der Waals surface area (Å²) in [5.74, 6) is 0.151. The number of halogens is 5. The minimum Gasteiger partial charge on any atom is -0.470 e. The Bertz CT molecular complexity index is 961. The van der Waals surface area contributed by atoms with Crippen molar-refractivity contribution in [3.05, 3.63) is 53.2 Å². The number of benzene rings is 1. The summed E-state index contributed by atoms with van der Waals surface area (Å²) in [6.45, 7) is -1.04. The van der Waals surface area contributed by atoms with Crippen LogP contribution in [0.1, 0.15) is 11.3 Å². The maximum Gasteiger partial charge on any atom is 0.434 e. The van der Waals surface area contributed by atoms with Crippen molar-refractivity contribution >= 4 is 11.6 Å². The average Bonchev–Trinajstić information content (AvgIpc) is 3.05. The second-order valence-electron chi connectivity index (χ2n) is 5.61. The number of nitrogens with zero attached hydrogens (tertiary/aromatic N) is 4. The van der Waals surface area contributed by atoms with E-state index in [0.717, 1.165) is 6.20 Å². The van der Waals surface area contributed by atoms with Gasteiger partial charge in [-0.15, -0.1) is 0 Å². The highest BCUT2D eigenvalue weighted by molar-refractivity contribution is 6.28. The van der Waals surface area contributed by atoms with Gasteiger partial charge in [-0.2, -0.15) is 18.2 Å². The summed E-state index contributed by atoms with van der Waals surface area (Å²) in [6.07, 6.45) is -2.40. The van der Waals surface area contributed by atoms with Crippen molar-refractivity contribution in [3.8, 4) is 23.0 Å². The Morgan fingerprint density at radius 3 is 2.43 bits per heavy atom. The van der Waals surface area contributed by atoms with Crippen molar-refractivity contribution < 1.29 is 27.0 Å². The molecule has 0 N–H and O–H groups in total. The van der Waals surface area contributed by atoms with Gasteiger partial charge in [0.15, 0.2) is 5.69 Å². The average molecular weight is 417 g/mol. The predicted octanol–water partition coefficient (Wildman–Crippen LogP) is 4.43. The summed E-state index contributed by atoms with van der Waals surface area (Å²) < 4.78 is 62.3. The first-order chi connectivity index (χ1) is 13.3. The van der Waals surface area contributed by atoms with E-state index in [-0.39, 0.29) is 29.3 Å². The van der Waals surface area contributed by atoms with Gasteiger partial charge < -0.3 is 14.0 Å². The van der Waals surface area contributed by atoms with Crippen LogP contribution in [-0.4, -0.2) is 26.4 Å². The Hall–Kier alpha value is -2.88. The molecule has 11 heteroatoms. The number of imidazole rings is 1. The van der Waals surface area contributed by atoms with Gasteiger partial charge in [-0.25, -0.2) is 14.4 Å². The lowest BCUT2D eigenvalue weighted by Crippen LogP contribution is -2.04. The molecule has 0 aliphatic heterocycles. The zero-order chi connectivity index (χ0) is 20.3. The Morgan fingerprint density at radius 1 is 1.11 bits per heavy atom. The number of hydrogen-bond donors (Lipinski definition) is 0. The predicted molar refractivity (Wildman–Crippen MR) is 91.6 cm³/mol. The minimum absolute atomic E-state index is 0.00351. The molecule has 28 heavy (non-hydrogen) atoms. The van der Waals surface area contributed by atoms with E-state index < -0.39 is 18.7 Å². The van der Waals surface area contributed by atoms with Crippen LogP contribution in [0.2, 0.25) is 5.28 Å². The molecule has 6 nitrogen and oxygen atoms in total. The van der Waals surface area contributed by atoms with E-state index in [9.17, 15) is 17.6 Å². The van der Waals surface area contributed by atoms with Crippen molar-refractivity contribution in [2.45, 2.75) is 12.8 Å². The fraction of sp³-hybridized carbons (Fsp3) is 0.235. The molecule has 0 spiro atoms. The zero-order valence-corrected chi connectivity index (χ0v) is 15.1. The molecule has 0 amide bonds. The number of aryl methyl sites for hydroxylation is 1. The summed E-state index contributed by atoms with van der Waals surface area (Å²) in [4.78, 5) is 11.1. The van der Waals surface area contributed by atoms with Crippen LogP contribution < -0.4 is 9.47 Å². The number of rotatable bonds is 6. The first-order valence-electron chi connectivity index (χ1n) is 7.82. The summed E-state index contributed by atoms with van der Waals surface area (Å²) in [6, 6.07) is 6.56. The van der Waals surface area contributed by atoms with E-state index in [4.69, 9.17) is 21.1 Å². The molecule has 3 aromatic rings. The molecule has 0 aliphatic carbocycles. The van der Waals surface area contributed by atoms with Crippen LogP contribution in [0.15, 0.2) is 36.7 Å². The highest BCUT2D eigenvalue weighted by Crippen LogP contribution is 2.31. The number of hydrogen-bond acceptors (Lipinski definition) is 5. The largest absolute Gasteiger partial charge is 0.470 e. The molecule has 0 radical (unpaired) electrons. The molecule has 0 saturated heterocycles. The van der Waals surface area contributed by atoms with Crippen LogP contribution in [0.5, 0.6) is 11.6 Å². The molecule has 0 atom stereocenters. The van der Waals surface area contributed by atoms with Gasteiger partial charge in [-0.1, -0.05) is 24.3 Å². The highest BCUT2D eigenvalue weighted by atomic mass is 35.5. The van der Waals surface area contributed by atoms with Crippen LogP contribution in [-0.2, 0) is 19.8 Å². The minimum atomic E-state index is -4.51. The Labute approximate surface area is 161 Å². The first kappa shape index (κ1) is 19.9. The van der Waals surface area contributed by atoms with Gasteiger partial charge in [0.2, 0.25) is 17.9 Å². The fourth-order valence-electron chi connectivity index (χ4n) is 2.37. The topological polar surface area (TPSA) is 62.1 Å². The summed E-state index contributed by atoms with van der Waals surface area (Å²) >= 11 is 5.70. The SMILES string of the molecule is Cn1cc(C(F)(F)F)nc1-c1ccc(COc2nc(Cl)ncc2OCF)cc1. The van der Waals surface area contributed by atoms with Gasteiger partial charge in [0, 0.05) is 18.8 Å². The molecular formula is C17H13ClF4N4O2. The molecule has 0 saturated carbocycles. The lowest BCUT2D eigenvalue weighted by atomic mass is 10.1. The van der Waals surface area contributed by atoms with Crippen molar-refractivity contribution in [1.29, 1.82) is 0 Å². The Balaban J connectivity index is 1.74. The third-order valence-electron chi connectivity index (χ3n) is 3.66. The molecule has 0 aliphatic rings. The number of alkyl halides is 4. The van der Waals surface area contributed by atoms with Gasteiger partial charge in [0.1, 0.15) is 12.4 Å². The van der Waals surface area contributed by atoms with Crippen LogP contribution in [0.3, 0.4) is 0 Å². The van der Waals surface area contributed by atoms with Gasteiger partial charge in [0.05, 0.1) is 6.20 Å². The van der Waals surface area contributed by atoms with E-state index >= 15 is 0 Å². The standard InChI is InChI=1S/C17H13ClF4N4O2/c1-26-7-13(17(20,21)22)24-14(26)11-4-2-10(3-5-11)8-27-15-12(28-9-19)6-23-16(18)25-15/h2-7H,8-9H2,1H3. The van der Waals surface area contributed by atoms with Crippen LogP contribution in [0.4, 0.5) is 17.6 Å². The molecule has 2 aromatic heterocycles. The molecule has 1 aromatic carbocycles. The van der Waals surface area contributed by atoms with E-state index in [2.05, 4.69) is 15.0 Å². The van der Waals surface area contributed by atoms with Crippen LogP contribution in [0, 0.1) is 0 Å². The number of ether oxygens (including phenoxy) is 2. The summed E-state index contributed by atoms with van der Waals surface area (Å²) in [5.41, 5.74) is 0.238. The molecule has 2 heterocycles. The van der Waals surface area contributed by atoms with Crippen LogP contribution in [0.25, 0.3) is 11.4 Å². The quantitative estimate of drug-likeness (QED) is 0.439. The van der Waals surface area contributed by atoms with Crippen molar-refractivity contribution in [2.24, 2.45) is 7.05 Å². The molecule has 148 valence electrons. The van der Waals surface area contributed by atoms with Crippen molar-refractivity contribution in [3.63, 3.8) is 0 Å². The van der Waals surface area contributed by atoms with E-state index in [1.54, 1.807) is 24.3 Å². The van der Waals surface area contributed by atoms with E-state index in [0.29, 0.717) is 11.1 Å². The normalized spacial score (nSPS) is 11.5. The van der Waals surface area contributed by atoms with Gasteiger partial charge >= 0.3 is 6.18 Å². The van der Waals surface area contributed by atoms with E-state index in [1.807, 2.05) is 0 Å². The maximum absolute atomic E-state index is 12.8. The number of aromatic nitrogens is 4. The van der Waals surface area contributed by atoms with Crippen LogP contribution >= 0.6 is 11.6 Å². The summed E-state index contributed by atoms with van der Waals surface area (Å²) in [5, 5.41) is -0.0909. The Kier molecular flexibility index (Phi) is 5.68. The molecular weight excluding hydrogens is 404 g/mol. The molecule has 0 fully saturated rings. The van der Waals surface area contributed by atoms with Gasteiger partial charge in [0.25, 0.3) is 5.88 Å². The lowest BCUT2D eigenvalue weighted by molar-refractivity contribution is -0.140. The monoisotopic (exact) mass is 416 g/mol. The lowest BCUT2D eigenvalue weighted by Gasteiger charge is -2.10. The second kappa shape index (κ2) is 8.01. The van der Waals surface area contributed by atoms with E-state index in [1.165, 1.54) is 17.8 Å². The third kappa shape index (κ3) is 4.50. The molecule has 0 unspecified atom stereocenters. The third-order valence-corrected chi connectivity index (χ3v) is 3.84. The smallest absolute Gasteiger partial charge is 0.434 e. The van der Waals surface area contributed by atoms with Gasteiger partial charge in [-0.3, -0.25) is 0 Å². The molecule has 3 rings (SSSR count). The highest BCUT2D eigenvalue weighted by Gasteiger charge is 2.34. The first-order valence-corrected chi connectivity index (χ1v) is 8.19. The summed E-state index contributed by atoms with van der Waals surface area (Å²) in [7, 11) is 1.49. The van der Waals surface area contributed by atoms with Gasteiger partial charge in [-0.05, 0) is 17.2 Å². The Morgan fingerprint density at radius 2 is 1.82 bits per heavy atom. The zero-order valence-electron chi connectivity index (χ0n) is 14.4. The fourth-order valence-corrected chi connectivity index (χ4v) is 2.49. The maximum atomic E-state index is 12.8. The second-order valence-corrected chi connectivity index (χ2v) is 5.94.